The van der Waals surface area contributed by atoms with Crippen molar-refractivity contribution in [3.63, 3.8) is 0 Å². The molecule has 0 N–H and O–H groups in total. The van der Waals surface area contributed by atoms with Gasteiger partial charge in [-0.15, -0.1) is 11.8 Å². The van der Waals surface area contributed by atoms with Crippen LogP contribution in [-0.4, -0.2) is 0 Å². The maximum Gasteiger partial charge on any atom is 0.0326 e. The largest absolute Gasteiger partial charge is 0.118 e. The molecular weight excluding hydrogens is 176 g/mol. The van der Waals surface area contributed by atoms with Crippen molar-refractivity contribution < 1.29 is 0 Å². The molecule has 0 fully saturated rings. The fourth-order valence-electron chi connectivity index (χ4n) is 1.17. The van der Waals surface area contributed by atoms with Gasteiger partial charge in [0.1, 0.15) is 0 Å². The zero-order valence-corrected chi connectivity index (χ0v) is 9.23. The predicted molar refractivity (Wildman–Crippen MR) is 60.7 cm³/mol. The molecule has 1 radical (unpaired) electrons. The molecule has 71 valence electrons. The van der Waals surface area contributed by atoms with E-state index in [2.05, 4.69) is 44.2 Å². The lowest BCUT2D eigenvalue weighted by atomic mass is 10.2. The van der Waals surface area contributed by atoms with E-state index in [0.29, 0.717) is 0 Å². The molecule has 0 spiro atoms. The molecular formula is C12H17S. The fraction of sp³-hybridized carbons (Fsp3) is 0.417. The highest BCUT2D eigenvalue weighted by Crippen LogP contribution is 2.31. The molecule has 1 aromatic carbocycles. The van der Waals surface area contributed by atoms with Gasteiger partial charge in [0.15, 0.2) is 0 Å². The lowest BCUT2D eigenvalue weighted by Crippen LogP contribution is -1.85. The minimum Gasteiger partial charge on any atom is -0.118 e. The zero-order chi connectivity index (χ0) is 9.52. The summed E-state index contributed by atoms with van der Waals surface area (Å²) in [7, 11) is 0. The van der Waals surface area contributed by atoms with Gasteiger partial charge in [-0.05, 0) is 25.5 Å². The normalized spacial score (nSPS) is 10.7. The van der Waals surface area contributed by atoms with Crippen molar-refractivity contribution in [3.05, 3.63) is 35.6 Å². The third kappa shape index (κ3) is 4.37. The van der Waals surface area contributed by atoms with Gasteiger partial charge in [-0.3, -0.25) is 0 Å². The lowest BCUT2D eigenvalue weighted by Gasteiger charge is -2.08. The Hall–Kier alpha value is -0.430. The first kappa shape index (κ1) is 10.6. The van der Waals surface area contributed by atoms with Crippen molar-refractivity contribution in [2.45, 2.75) is 38.0 Å². The van der Waals surface area contributed by atoms with Gasteiger partial charge in [0.25, 0.3) is 0 Å². The summed E-state index contributed by atoms with van der Waals surface area (Å²) in [5.74, 6) is 0. The molecule has 0 nitrogen and oxygen atoms in total. The Kier molecular flexibility index (Phi) is 4.99. The number of hydrogen-bond donors (Lipinski definition) is 0. The van der Waals surface area contributed by atoms with Crippen LogP contribution >= 0.6 is 11.8 Å². The molecule has 0 saturated heterocycles. The SMILES string of the molecule is CCCC[C](C)Sc1ccccc1. The number of benzene rings is 1. The summed E-state index contributed by atoms with van der Waals surface area (Å²) in [5, 5.41) is 1.52. The molecule has 0 saturated carbocycles. The third-order valence-corrected chi connectivity index (χ3v) is 2.98. The van der Waals surface area contributed by atoms with Gasteiger partial charge in [0, 0.05) is 10.1 Å². The van der Waals surface area contributed by atoms with E-state index in [1.54, 1.807) is 0 Å². The molecule has 0 aliphatic heterocycles. The number of unbranched alkanes of at least 4 members (excludes halogenated alkanes) is 1. The van der Waals surface area contributed by atoms with Gasteiger partial charge < -0.3 is 0 Å². The van der Waals surface area contributed by atoms with Crippen LogP contribution in [0.2, 0.25) is 0 Å². The molecule has 13 heavy (non-hydrogen) atoms. The molecule has 1 aromatic rings. The number of rotatable bonds is 5. The molecule has 0 atom stereocenters. The Morgan fingerprint density at radius 1 is 1.23 bits per heavy atom. The van der Waals surface area contributed by atoms with Crippen LogP contribution in [-0.2, 0) is 0 Å². The standard InChI is InChI=1S/C12H17S/c1-3-4-8-11(2)13-12-9-6-5-7-10-12/h5-7,9-10H,3-4,8H2,1-2H3. The molecule has 0 aliphatic rings. The quantitative estimate of drug-likeness (QED) is 0.619. The Morgan fingerprint density at radius 2 is 1.92 bits per heavy atom. The van der Waals surface area contributed by atoms with Gasteiger partial charge in [0.2, 0.25) is 0 Å². The zero-order valence-electron chi connectivity index (χ0n) is 8.42. The minimum absolute atomic E-state index is 1.25. The van der Waals surface area contributed by atoms with Crippen molar-refractivity contribution in [2.24, 2.45) is 0 Å². The van der Waals surface area contributed by atoms with E-state index in [0.717, 1.165) is 0 Å². The Morgan fingerprint density at radius 3 is 2.54 bits per heavy atom. The van der Waals surface area contributed by atoms with E-state index in [1.165, 1.54) is 29.4 Å². The van der Waals surface area contributed by atoms with Crippen LogP contribution in [0.5, 0.6) is 0 Å². The summed E-state index contributed by atoms with van der Waals surface area (Å²) in [6.45, 7) is 4.47. The van der Waals surface area contributed by atoms with Crippen molar-refractivity contribution in [1.29, 1.82) is 0 Å². The minimum atomic E-state index is 1.25. The van der Waals surface area contributed by atoms with Crippen molar-refractivity contribution in [1.82, 2.24) is 0 Å². The van der Waals surface area contributed by atoms with E-state index in [-0.39, 0.29) is 0 Å². The van der Waals surface area contributed by atoms with E-state index < -0.39 is 0 Å². The van der Waals surface area contributed by atoms with Gasteiger partial charge >= 0.3 is 0 Å². The Labute approximate surface area is 85.7 Å². The van der Waals surface area contributed by atoms with Crippen LogP contribution in [0.25, 0.3) is 0 Å². The Bertz CT molecular complexity index is 218. The van der Waals surface area contributed by atoms with Crippen LogP contribution in [0.4, 0.5) is 0 Å². The summed E-state index contributed by atoms with van der Waals surface area (Å²) >= 11 is 1.90. The molecule has 0 amide bonds. The van der Waals surface area contributed by atoms with Crippen molar-refractivity contribution in [3.8, 4) is 0 Å². The average molecular weight is 193 g/mol. The average Bonchev–Trinajstić information content (AvgIpc) is 2.16. The first-order chi connectivity index (χ1) is 6.33. The van der Waals surface area contributed by atoms with E-state index >= 15 is 0 Å². The second-order valence-corrected chi connectivity index (χ2v) is 4.59. The summed E-state index contributed by atoms with van der Waals surface area (Å²) in [5.41, 5.74) is 0. The van der Waals surface area contributed by atoms with Crippen LogP contribution in [0.3, 0.4) is 0 Å². The molecule has 0 bridgehead atoms. The second kappa shape index (κ2) is 6.09. The topological polar surface area (TPSA) is 0 Å². The molecule has 0 aliphatic carbocycles. The molecule has 0 unspecified atom stereocenters. The third-order valence-electron chi connectivity index (χ3n) is 1.92. The summed E-state index contributed by atoms with van der Waals surface area (Å²) in [6.07, 6.45) is 3.84. The highest BCUT2D eigenvalue weighted by Gasteiger charge is 2.03. The van der Waals surface area contributed by atoms with Crippen LogP contribution in [0, 0.1) is 5.25 Å². The first-order valence-corrected chi connectivity index (χ1v) is 5.70. The van der Waals surface area contributed by atoms with E-state index in [1.807, 2.05) is 11.8 Å². The van der Waals surface area contributed by atoms with Crippen molar-refractivity contribution >= 4 is 11.8 Å². The van der Waals surface area contributed by atoms with Crippen molar-refractivity contribution in [2.75, 3.05) is 0 Å². The van der Waals surface area contributed by atoms with Gasteiger partial charge in [0.05, 0.1) is 0 Å². The van der Waals surface area contributed by atoms with Gasteiger partial charge in [-0.1, -0.05) is 38.0 Å². The van der Waals surface area contributed by atoms with Crippen LogP contribution < -0.4 is 0 Å². The molecule has 1 rings (SSSR count). The fourth-order valence-corrected chi connectivity index (χ4v) is 2.11. The maximum absolute atomic E-state index is 2.24. The Balaban J connectivity index is 2.32. The van der Waals surface area contributed by atoms with E-state index in [9.17, 15) is 0 Å². The monoisotopic (exact) mass is 193 g/mol. The smallest absolute Gasteiger partial charge is 0.0326 e. The van der Waals surface area contributed by atoms with Crippen LogP contribution in [0.15, 0.2) is 35.2 Å². The summed E-state index contributed by atoms with van der Waals surface area (Å²) in [6, 6.07) is 10.6. The van der Waals surface area contributed by atoms with Gasteiger partial charge in [-0.2, -0.15) is 0 Å². The highest BCUT2D eigenvalue weighted by molar-refractivity contribution is 8.02. The number of thioether (sulfide) groups is 1. The molecule has 1 heteroatoms. The van der Waals surface area contributed by atoms with Crippen LogP contribution in [0.1, 0.15) is 33.1 Å². The summed E-state index contributed by atoms with van der Waals surface area (Å²) < 4.78 is 0. The predicted octanol–water partition coefficient (Wildman–Crippen LogP) is 4.52. The maximum atomic E-state index is 2.24. The molecule has 0 heterocycles. The highest BCUT2D eigenvalue weighted by atomic mass is 32.2. The molecule has 0 aromatic heterocycles. The van der Waals surface area contributed by atoms with E-state index in [4.69, 9.17) is 0 Å². The lowest BCUT2D eigenvalue weighted by molar-refractivity contribution is 0.772. The first-order valence-electron chi connectivity index (χ1n) is 4.88. The van der Waals surface area contributed by atoms with Gasteiger partial charge in [-0.25, -0.2) is 0 Å². The summed E-state index contributed by atoms with van der Waals surface area (Å²) in [4.78, 5) is 1.36. The second-order valence-electron chi connectivity index (χ2n) is 3.22. The number of hydrogen-bond acceptors (Lipinski definition) is 1.